The fourth-order valence-corrected chi connectivity index (χ4v) is 6.85. The van der Waals surface area contributed by atoms with Gasteiger partial charge in [-0.1, -0.05) is 181 Å². The Balaban J connectivity index is 1.78. The summed E-state index contributed by atoms with van der Waals surface area (Å²) >= 11 is 0. The Bertz CT molecular complexity index is 1320. The molecule has 0 atom stereocenters. The van der Waals surface area contributed by atoms with Crippen molar-refractivity contribution in [1.82, 2.24) is 0 Å². The third-order valence-electron chi connectivity index (χ3n) is 10.3. The molecule has 55 heavy (non-hydrogen) atoms. The number of benzene rings is 2. The van der Waals surface area contributed by atoms with Gasteiger partial charge in [0.1, 0.15) is 5.69 Å². The van der Waals surface area contributed by atoms with Gasteiger partial charge in [0.15, 0.2) is 11.5 Å². The lowest BCUT2D eigenvalue weighted by atomic mass is 10.0. The number of nitro groups is 2. The molecule has 0 fully saturated rings. The summed E-state index contributed by atoms with van der Waals surface area (Å²) in [6, 6.07) is 9.05. The molecule has 0 amide bonds. The van der Waals surface area contributed by atoms with Gasteiger partial charge in [-0.05, 0) is 42.7 Å². The number of non-ortho nitro benzene ring substituents is 1. The molecule has 0 radical (unpaired) electrons. The van der Waals surface area contributed by atoms with Crippen molar-refractivity contribution < 1.29 is 19.3 Å². The molecule has 10 nitrogen and oxygen atoms in total. The largest absolute Gasteiger partial charge is 0.490 e. The smallest absolute Gasteiger partial charge is 0.301 e. The average molecular weight is 767 g/mol. The summed E-state index contributed by atoms with van der Waals surface area (Å²) in [5, 5.41) is 26.8. The zero-order valence-electron chi connectivity index (χ0n) is 34.5. The number of nitro benzene ring substituents is 2. The summed E-state index contributed by atoms with van der Waals surface area (Å²) < 4.78 is 12.5. The van der Waals surface area contributed by atoms with Gasteiger partial charge in [0.25, 0.3) is 5.69 Å². The molecular formula is C45H74N4O6. The van der Waals surface area contributed by atoms with Crippen LogP contribution in [0.4, 0.5) is 17.1 Å². The van der Waals surface area contributed by atoms with Gasteiger partial charge < -0.3 is 9.47 Å². The molecule has 2 aromatic rings. The predicted molar refractivity (Wildman–Crippen MR) is 229 cm³/mol. The first-order valence-corrected chi connectivity index (χ1v) is 22.1. The zero-order chi connectivity index (χ0) is 39.6. The highest BCUT2D eigenvalue weighted by molar-refractivity contribution is 5.82. The van der Waals surface area contributed by atoms with Gasteiger partial charge in [-0.15, -0.1) is 0 Å². The van der Waals surface area contributed by atoms with E-state index >= 15 is 0 Å². The Morgan fingerprint density at radius 3 is 1.36 bits per heavy atom. The number of hydrogen-bond donors (Lipinski definition) is 1. The zero-order valence-corrected chi connectivity index (χ0v) is 34.5. The molecule has 10 heteroatoms. The van der Waals surface area contributed by atoms with E-state index in [1.54, 1.807) is 6.21 Å². The maximum Gasteiger partial charge on any atom is 0.301 e. The summed E-state index contributed by atoms with van der Waals surface area (Å²) in [6.45, 7) is 5.77. The van der Waals surface area contributed by atoms with E-state index in [4.69, 9.17) is 9.47 Å². The minimum Gasteiger partial charge on any atom is -0.490 e. The predicted octanol–water partition coefficient (Wildman–Crippen LogP) is 14.7. The highest BCUT2D eigenvalue weighted by Crippen LogP contribution is 2.30. The van der Waals surface area contributed by atoms with E-state index in [0.29, 0.717) is 24.7 Å². The molecule has 0 saturated heterocycles. The van der Waals surface area contributed by atoms with Crippen LogP contribution in [0.3, 0.4) is 0 Å². The van der Waals surface area contributed by atoms with E-state index in [1.165, 1.54) is 166 Å². The summed E-state index contributed by atoms with van der Waals surface area (Å²) in [5.41, 5.74) is 2.68. The van der Waals surface area contributed by atoms with Crippen LogP contribution in [0.5, 0.6) is 11.5 Å². The van der Waals surface area contributed by atoms with E-state index in [9.17, 15) is 20.2 Å². The van der Waals surface area contributed by atoms with E-state index in [2.05, 4.69) is 24.4 Å². The van der Waals surface area contributed by atoms with Crippen molar-refractivity contribution in [3.05, 3.63) is 62.2 Å². The first-order chi connectivity index (χ1) is 27.0. The number of nitrogens with zero attached hydrogens (tertiary/aromatic N) is 3. The number of anilines is 1. The fraction of sp³-hybridized carbons (Fsp3) is 0.711. The van der Waals surface area contributed by atoms with Crippen molar-refractivity contribution in [1.29, 1.82) is 0 Å². The fourth-order valence-electron chi connectivity index (χ4n) is 6.85. The Morgan fingerprint density at radius 1 is 0.527 bits per heavy atom. The van der Waals surface area contributed by atoms with Crippen LogP contribution in [0.15, 0.2) is 41.5 Å². The number of rotatable bonds is 37. The second kappa shape index (κ2) is 32.5. The van der Waals surface area contributed by atoms with Crippen LogP contribution in [0.25, 0.3) is 0 Å². The molecule has 0 bridgehead atoms. The SMILES string of the molecule is CCCCCCCCCCCCCCCCOc1ccc(/C=N/Nc2ccc([N+](=O)[O-])cc2[N+](=O)[O-])cc1OCCCCCCCCCCCCCCCC. The van der Waals surface area contributed by atoms with Gasteiger partial charge in [-0.3, -0.25) is 25.7 Å². The van der Waals surface area contributed by atoms with E-state index in [0.717, 1.165) is 37.3 Å². The molecule has 0 spiro atoms. The second-order valence-electron chi connectivity index (χ2n) is 15.2. The van der Waals surface area contributed by atoms with Crippen molar-refractivity contribution in [3.63, 3.8) is 0 Å². The number of unbranched alkanes of at least 4 members (excludes halogenated alkanes) is 26. The third kappa shape index (κ3) is 23.8. The monoisotopic (exact) mass is 767 g/mol. The van der Waals surface area contributed by atoms with Crippen LogP contribution in [0.2, 0.25) is 0 Å². The Kier molecular flexibility index (Phi) is 28.1. The van der Waals surface area contributed by atoms with Crippen LogP contribution < -0.4 is 14.9 Å². The molecule has 0 aromatic heterocycles. The van der Waals surface area contributed by atoms with Crippen molar-refractivity contribution >= 4 is 23.3 Å². The summed E-state index contributed by atoms with van der Waals surface area (Å²) in [5.74, 6) is 1.36. The van der Waals surface area contributed by atoms with Crippen molar-refractivity contribution in [2.75, 3.05) is 18.6 Å². The molecular weight excluding hydrogens is 693 g/mol. The molecule has 310 valence electrons. The highest BCUT2D eigenvalue weighted by Gasteiger charge is 2.19. The van der Waals surface area contributed by atoms with Crippen LogP contribution in [0.1, 0.15) is 199 Å². The van der Waals surface area contributed by atoms with Crippen LogP contribution in [-0.4, -0.2) is 29.3 Å². The quantitative estimate of drug-likeness (QED) is 0.0313. The van der Waals surface area contributed by atoms with Crippen molar-refractivity contribution in [2.24, 2.45) is 5.10 Å². The first-order valence-electron chi connectivity index (χ1n) is 22.1. The summed E-state index contributed by atoms with van der Waals surface area (Å²) in [4.78, 5) is 21.3. The number of hydrazone groups is 1. The lowest BCUT2D eigenvalue weighted by Gasteiger charge is -2.14. The normalized spacial score (nSPS) is 11.3. The molecule has 0 aliphatic rings. The van der Waals surface area contributed by atoms with Crippen LogP contribution in [-0.2, 0) is 0 Å². The lowest BCUT2D eigenvalue weighted by Crippen LogP contribution is -2.04. The van der Waals surface area contributed by atoms with Gasteiger partial charge in [0.2, 0.25) is 0 Å². The van der Waals surface area contributed by atoms with E-state index in [-0.39, 0.29) is 11.4 Å². The molecule has 0 aliphatic carbocycles. The van der Waals surface area contributed by atoms with E-state index < -0.39 is 15.5 Å². The van der Waals surface area contributed by atoms with Gasteiger partial charge in [-0.25, -0.2) is 0 Å². The number of hydrogen-bond acceptors (Lipinski definition) is 8. The summed E-state index contributed by atoms with van der Waals surface area (Å²) in [6.07, 6.45) is 38.2. The topological polar surface area (TPSA) is 129 Å². The van der Waals surface area contributed by atoms with Crippen LogP contribution in [0, 0.1) is 20.2 Å². The Labute approximate surface area is 332 Å². The van der Waals surface area contributed by atoms with E-state index in [1.807, 2.05) is 18.2 Å². The molecule has 0 aliphatic heterocycles. The second-order valence-corrected chi connectivity index (χ2v) is 15.2. The number of nitrogens with one attached hydrogen (secondary N) is 1. The van der Waals surface area contributed by atoms with Crippen molar-refractivity contribution in [3.8, 4) is 11.5 Å². The molecule has 0 saturated carbocycles. The molecule has 0 heterocycles. The third-order valence-corrected chi connectivity index (χ3v) is 10.3. The first kappa shape index (κ1) is 47.5. The van der Waals surface area contributed by atoms with Gasteiger partial charge in [0.05, 0.1) is 35.3 Å². The van der Waals surface area contributed by atoms with Crippen molar-refractivity contribution in [2.45, 2.75) is 194 Å². The van der Waals surface area contributed by atoms with Gasteiger partial charge in [0, 0.05) is 6.07 Å². The summed E-state index contributed by atoms with van der Waals surface area (Å²) in [7, 11) is 0. The Morgan fingerprint density at radius 2 is 0.945 bits per heavy atom. The van der Waals surface area contributed by atoms with Gasteiger partial charge in [-0.2, -0.15) is 5.10 Å². The standard InChI is InChI=1S/C45H74N4O6/c1-3-5-7-9-11-13-15-17-19-21-23-25-27-29-35-54-44-34-31-40(39-46-47-42-33-32-41(48(50)51)38-43(42)49(52)53)37-45(44)55-36-30-28-26-24-22-20-18-16-14-12-10-8-6-4-2/h31-34,37-39,47H,3-30,35-36H2,1-2H3/b46-39+. The minimum atomic E-state index is -0.668. The maximum absolute atomic E-state index is 11.5. The minimum absolute atomic E-state index is 0.0641. The molecule has 2 aromatic carbocycles. The average Bonchev–Trinajstić information content (AvgIpc) is 3.18. The Hall–Kier alpha value is -3.69. The molecule has 1 N–H and O–H groups in total. The molecule has 2 rings (SSSR count). The van der Waals surface area contributed by atoms with Gasteiger partial charge >= 0.3 is 5.69 Å². The molecule has 0 unspecified atom stereocenters. The van der Waals surface area contributed by atoms with Crippen LogP contribution >= 0.6 is 0 Å². The maximum atomic E-state index is 11.5. The highest BCUT2D eigenvalue weighted by atomic mass is 16.6. The number of ether oxygens (including phenoxy) is 2. The lowest BCUT2D eigenvalue weighted by molar-refractivity contribution is -0.393.